The molecule has 0 unspecified atom stereocenters. The van der Waals surface area contributed by atoms with Gasteiger partial charge in [-0.3, -0.25) is 4.79 Å². The summed E-state index contributed by atoms with van der Waals surface area (Å²) in [4.78, 5) is 27.4. The third kappa shape index (κ3) is 3.45. The lowest BCUT2D eigenvalue weighted by molar-refractivity contribution is 0.102. The molecule has 0 saturated carbocycles. The highest BCUT2D eigenvalue weighted by atomic mass is 16.1. The highest BCUT2D eigenvalue weighted by Gasteiger charge is 2.20. The van der Waals surface area contributed by atoms with Crippen LogP contribution in [0.5, 0.6) is 0 Å². The molecule has 3 heterocycles. The molecule has 2 aromatic heterocycles. The van der Waals surface area contributed by atoms with E-state index in [4.69, 9.17) is 0 Å². The normalized spacial score (nSPS) is 13.7. The van der Waals surface area contributed by atoms with Gasteiger partial charge in [0.15, 0.2) is 0 Å². The van der Waals surface area contributed by atoms with Crippen LogP contribution in [-0.4, -0.2) is 33.9 Å². The second-order valence-corrected chi connectivity index (χ2v) is 7.20. The van der Waals surface area contributed by atoms with E-state index in [2.05, 4.69) is 25.2 Å². The number of nitrogens with one attached hydrogen (secondary N) is 2. The number of nitrogens with zero attached hydrogens (tertiary/aromatic N) is 3. The van der Waals surface area contributed by atoms with Crippen molar-refractivity contribution in [3.63, 3.8) is 0 Å². The van der Waals surface area contributed by atoms with E-state index in [0.29, 0.717) is 5.56 Å². The fourth-order valence-corrected chi connectivity index (χ4v) is 3.75. The van der Waals surface area contributed by atoms with Gasteiger partial charge in [-0.1, -0.05) is 12.1 Å². The van der Waals surface area contributed by atoms with Crippen molar-refractivity contribution in [2.24, 2.45) is 0 Å². The first-order valence-electron chi connectivity index (χ1n) is 9.84. The number of amides is 1. The number of carbonyl (C=O) groups excluding carboxylic acids is 1. The maximum absolute atomic E-state index is 12.9. The average Bonchev–Trinajstić information content (AvgIpc) is 3.44. The smallest absolute Gasteiger partial charge is 0.259 e. The first-order chi connectivity index (χ1) is 14.3. The van der Waals surface area contributed by atoms with Crippen molar-refractivity contribution in [2.75, 3.05) is 23.3 Å². The number of carbonyl (C=O) groups is 1. The molecule has 1 fully saturated rings. The van der Waals surface area contributed by atoms with Gasteiger partial charge in [0.1, 0.15) is 11.6 Å². The van der Waals surface area contributed by atoms with Gasteiger partial charge in [0.05, 0.1) is 16.6 Å². The summed E-state index contributed by atoms with van der Waals surface area (Å²) in [7, 11) is 0. The number of rotatable bonds is 4. The number of H-pyrrole nitrogens is 1. The highest BCUT2D eigenvalue weighted by Crippen LogP contribution is 2.25. The molecule has 1 saturated heterocycles. The molecule has 2 N–H and O–H groups in total. The lowest BCUT2D eigenvalue weighted by Gasteiger charge is -2.19. The third-order valence-corrected chi connectivity index (χ3v) is 5.24. The van der Waals surface area contributed by atoms with Crippen molar-refractivity contribution in [1.82, 2.24) is 15.0 Å². The summed E-state index contributed by atoms with van der Waals surface area (Å²) >= 11 is 0. The topological polar surface area (TPSA) is 73.9 Å². The Morgan fingerprint density at radius 3 is 2.55 bits per heavy atom. The van der Waals surface area contributed by atoms with Gasteiger partial charge in [0.25, 0.3) is 5.91 Å². The molecule has 2 aromatic carbocycles. The van der Waals surface area contributed by atoms with Crippen LogP contribution in [-0.2, 0) is 0 Å². The van der Waals surface area contributed by atoms with Gasteiger partial charge in [-0.2, -0.15) is 0 Å². The minimum Gasteiger partial charge on any atom is -0.356 e. The van der Waals surface area contributed by atoms with Crippen LogP contribution in [0.15, 0.2) is 66.9 Å². The van der Waals surface area contributed by atoms with E-state index in [1.54, 1.807) is 12.3 Å². The number of imidazole rings is 1. The van der Waals surface area contributed by atoms with Crippen molar-refractivity contribution in [3.05, 3.63) is 72.4 Å². The number of benzene rings is 2. The minimum atomic E-state index is -0.142. The van der Waals surface area contributed by atoms with Crippen LogP contribution in [0.3, 0.4) is 0 Å². The number of para-hydroxylation sites is 2. The Labute approximate surface area is 168 Å². The van der Waals surface area contributed by atoms with E-state index in [0.717, 1.165) is 59.9 Å². The first kappa shape index (κ1) is 17.4. The molecule has 144 valence electrons. The highest BCUT2D eigenvalue weighted by molar-refractivity contribution is 6.07. The van der Waals surface area contributed by atoms with Crippen molar-refractivity contribution in [3.8, 4) is 11.4 Å². The zero-order chi connectivity index (χ0) is 19.6. The lowest BCUT2D eigenvalue weighted by atomic mass is 10.2. The summed E-state index contributed by atoms with van der Waals surface area (Å²) in [5.74, 6) is 1.44. The van der Waals surface area contributed by atoms with E-state index in [9.17, 15) is 4.79 Å². The Balaban J connectivity index is 1.35. The van der Waals surface area contributed by atoms with Gasteiger partial charge in [-0.05, 0) is 61.4 Å². The number of aromatic nitrogens is 3. The van der Waals surface area contributed by atoms with Crippen LogP contribution < -0.4 is 10.2 Å². The zero-order valence-electron chi connectivity index (χ0n) is 15.9. The van der Waals surface area contributed by atoms with Crippen LogP contribution in [0.25, 0.3) is 22.4 Å². The summed E-state index contributed by atoms with van der Waals surface area (Å²) in [5, 5.41) is 2.99. The molecule has 1 amide bonds. The van der Waals surface area contributed by atoms with E-state index < -0.39 is 0 Å². The number of aromatic amines is 1. The Kier molecular flexibility index (Phi) is 4.44. The minimum absolute atomic E-state index is 0.142. The molecule has 5 rings (SSSR count). The van der Waals surface area contributed by atoms with Gasteiger partial charge >= 0.3 is 0 Å². The molecule has 0 spiro atoms. The van der Waals surface area contributed by atoms with E-state index in [-0.39, 0.29) is 5.91 Å². The number of anilines is 2. The Bertz CT molecular complexity index is 1130. The quantitative estimate of drug-likeness (QED) is 0.545. The average molecular weight is 383 g/mol. The molecule has 6 nitrogen and oxygen atoms in total. The molecule has 4 aromatic rings. The summed E-state index contributed by atoms with van der Waals surface area (Å²) in [6.07, 6.45) is 4.02. The molecule has 1 aliphatic rings. The molecule has 29 heavy (non-hydrogen) atoms. The standard InChI is InChI=1S/C23H21N5O/c29-23(18-6-5-13-24-22(18)28-14-3-4-15-28)25-17-11-9-16(10-12-17)21-26-19-7-1-2-8-20(19)27-21/h1-2,5-13H,3-4,14-15H2,(H,25,29)(H,26,27). The van der Waals surface area contributed by atoms with Crippen LogP contribution >= 0.6 is 0 Å². The number of hydrogen-bond acceptors (Lipinski definition) is 4. The van der Waals surface area contributed by atoms with E-state index in [1.165, 1.54) is 0 Å². The Morgan fingerprint density at radius 1 is 0.966 bits per heavy atom. The molecular weight excluding hydrogens is 362 g/mol. The van der Waals surface area contributed by atoms with Gasteiger partial charge in [-0.15, -0.1) is 0 Å². The second kappa shape index (κ2) is 7.39. The summed E-state index contributed by atoms with van der Waals surface area (Å²) in [6, 6.07) is 19.3. The predicted molar refractivity (Wildman–Crippen MR) is 115 cm³/mol. The largest absolute Gasteiger partial charge is 0.356 e. The summed E-state index contributed by atoms with van der Waals surface area (Å²) in [5.41, 5.74) is 4.26. The van der Waals surface area contributed by atoms with Gasteiger partial charge in [-0.25, -0.2) is 9.97 Å². The van der Waals surface area contributed by atoms with Crippen LogP contribution in [0, 0.1) is 0 Å². The number of hydrogen-bond donors (Lipinski definition) is 2. The first-order valence-corrected chi connectivity index (χ1v) is 9.84. The van der Waals surface area contributed by atoms with Crippen molar-refractivity contribution < 1.29 is 4.79 Å². The van der Waals surface area contributed by atoms with Gasteiger partial charge in [0, 0.05) is 30.5 Å². The Morgan fingerprint density at radius 2 is 1.76 bits per heavy atom. The fraction of sp³-hybridized carbons (Fsp3) is 0.174. The predicted octanol–water partition coefficient (Wildman–Crippen LogP) is 4.48. The van der Waals surface area contributed by atoms with Crippen molar-refractivity contribution >= 4 is 28.4 Å². The number of fused-ring (bicyclic) bond motifs is 1. The molecule has 0 radical (unpaired) electrons. The zero-order valence-corrected chi connectivity index (χ0v) is 15.9. The van der Waals surface area contributed by atoms with Crippen molar-refractivity contribution in [2.45, 2.75) is 12.8 Å². The van der Waals surface area contributed by atoms with E-state index in [1.807, 2.05) is 54.6 Å². The molecule has 0 aliphatic carbocycles. The number of pyridine rings is 1. The summed E-state index contributed by atoms with van der Waals surface area (Å²) in [6.45, 7) is 1.90. The SMILES string of the molecule is O=C(Nc1ccc(-c2nc3ccccc3[nH]2)cc1)c1cccnc1N1CCCC1. The lowest BCUT2D eigenvalue weighted by Crippen LogP contribution is -2.24. The maximum atomic E-state index is 12.9. The molecular formula is C23H21N5O. The monoisotopic (exact) mass is 383 g/mol. The third-order valence-electron chi connectivity index (χ3n) is 5.24. The maximum Gasteiger partial charge on any atom is 0.259 e. The second-order valence-electron chi connectivity index (χ2n) is 7.20. The van der Waals surface area contributed by atoms with Gasteiger partial charge < -0.3 is 15.2 Å². The Hall–Kier alpha value is -3.67. The van der Waals surface area contributed by atoms with Gasteiger partial charge in [0.2, 0.25) is 0 Å². The molecule has 1 aliphatic heterocycles. The van der Waals surface area contributed by atoms with Crippen LogP contribution in [0.4, 0.5) is 11.5 Å². The van der Waals surface area contributed by atoms with Crippen LogP contribution in [0.1, 0.15) is 23.2 Å². The molecule has 0 bridgehead atoms. The fourth-order valence-electron chi connectivity index (χ4n) is 3.75. The summed E-state index contributed by atoms with van der Waals surface area (Å²) < 4.78 is 0. The van der Waals surface area contributed by atoms with Crippen molar-refractivity contribution in [1.29, 1.82) is 0 Å². The van der Waals surface area contributed by atoms with E-state index >= 15 is 0 Å². The molecule has 6 heteroatoms. The molecule has 0 atom stereocenters. The van der Waals surface area contributed by atoms with Crippen LogP contribution in [0.2, 0.25) is 0 Å².